The number of nitrogens with zero attached hydrogens (tertiary/aromatic N) is 1. The maximum atomic E-state index is 9.12. The Labute approximate surface area is 142 Å². The van der Waals surface area contributed by atoms with Gasteiger partial charge in [-0.2, -0.15) is 0 Å². The zero-order chi connectivity index (χ0) is 14.9. The summed E-state index contributed by atoms with van der Waals surface area (Å²) in [5.41, 5.74) is 0.00548. The van der Waals surface area contributed by atoms with Crippen molar-refractivity contribution in [2.75, 3.05) is 19.7 Å². The van der Waals surface area contributed by atoms with Crippen molar-refractivity contribution in [2.24, 2.45) is 16.8 Å². The van der Waals surface area contributed by atoms with E-state index in [4.69, 9.17) is 5.11 Å². The van der Waals surface area contributed by atoms with Crippen LogP contribution in [-0.2, 0) is 0 Å². The summed E-state index contributed by atoms with van der Waals surface area (Å²) in [6, 6.07) is 0. The Kier molecular flexibility index (Phi) is 12.9. The first-order valence-corrected chi connectivity index (χ1v) is 7.45. The number of aliphatic imine (C=N–C) groups is 1. The lowest BCUT2D eigenvalue weighted by molar-refractivity contribution is 0.245. The number of rotatable bonds is 7. The van der Waals surface area contributed by atoms with Gasteiger partial charge in [-0.05, 0) is 52.4 Å². The molecule has 0 heterocycles. The van der Waals surface area contributed by atoms with E-state index in [-0.39, 0.29) is 36.1 Å². The topological polar surface area (TPSA) is 56.7 Å². The second-order valence-electron chi connectivity index (χ2n) is 6.60. The van der Waals surface area contributed by atoms with Crippen LogP contribution >= 0.6 is 24.0 Å². The van der Waals surface area contributed by atoms with E-state index in [1.54, 1.807) is 0 Å². The summed E-state index contributed by atoms with van der Waals surface area (Å²) in [6.45, 7) is 14.7. The highest BCUT2D eigenvalue weighted by Crippen LogP contribution is 2.15. The molecule has 0 aliphatic carbocycles. The van der Waals surface area contributed by atoms with E-state index in [1.807, 2.05) is 0 Å². The van der Waals surface area contributed by atoms with Gasteiger partial charge in [-0.1, -0.05) is 13.8 Å². The number of guanidine groups is 1. The number of hydrogen-bond acceptors (Lipinski definition) is 2. The van der Waals surface area contributed by atoms with E-state index in [9.17, 15) is 0 Å². The van der Waals surface area contributed by atoms with E-state index < -0.39 is 0 Å². The van der Waals surface area contributed by atoms with Gasteiger partial charge in [-0.25, -0.2) is 0 Å². The molecule has 3 N–H and O–H groups in total. The predicted molar refractivity (Wildman–Crippen MR) is 98.9 cm³/mol. The number of aliphatic hydroxyl groups excluding tert-OH is 1. The summed E-state index contributed by atoms with van der Waals surface area (Å²) in [7, 11) is 0. The fourth-order valence-corrected chi connectivity index (χ4v) is 2.02. The zero-order valence-electron chi connectivity index (χ0n) is 14.0. The Balaban J connectivity index is 0. The molecule has 0 rings (SSSR count). The summed E-state index contributed by atoms with van der Waals surface area (Å²) in [6.07, 6.45) is 1.94. The van der Waals surface area contributed by atoms with Crippen LogP contribution in [0.15, 0.2) is 4.99 Å². The van der Waals surface area contributed by atoms with Gasteiger partial charge in [0.15, 0.2) is 5.96 Å². The van der Waals surface area contributed by atoms with E-state index >= 15 is 0 Å². The van der Waals surface area contributed by atoms with E-state index in [0.717, 1.165) is 31.9 Å². The van der Waals surface area contributed by atoms with Crippen LogP contribution in [0.25, 0.3) is 0 Å². The summed E-state index contributed by atoms with van der Waals surface area (Å²) >= 11 is 0. The van der Waals surface area contributed by atoms with Crippen molar-refractivity contribution in [2.45, 2.75) is 59.9 Å². The lowest BCUT2D eigenvalue weighted by Gasteiger charge is -2.24. The van der Waals surface area contributed by atoms with Crippen LogP contribution in [0.2, 0.25) is 0 Å². The summed E-state index contributed by atoms with van der Waals surface area (Å²) in [4.78, 5) is 4.65. The van der Waals surface area contributed by atoms with Crippen molar-refractivity contribution in [3.8, 4) is 0 Å². The van der Waals surface area contributed by atoms with Crippen LogP contribution in [-0.4, -0.2) is 36.3 Å². The normalized spacial score (nSPS) is 13.9. The van der Waals surface area contributed by atoms with Crippen molar-refractivity contribution >= 4 is 29.9 Å². The molecule has 0 aliphatic rings. The highest BCUT2D eigenvalue weighted by molar-refractivity contribution is 14.0. The predicted octanol–water partition coefficient (Wildman–Crippen LogP) is 3.00. The molecule has 0 aromatic heterocycles. The van der Waals surface area contributed by atoms with Crippen LogP contribution in [0.4, 0.5) is 0 Å². The van der Waals surface area contributed by atoms with Crippen LogP contribution in [0.1, 0.15) is 54.4 Å². The van der Waals surface area contributed by atoms with Crippen molar-refractivity contribution in [3.63, 3.8) is 0 Å². The molecule has 122 valence electrons. The molecule has 1 atom stereocenters. The van der Waals surface area contributed by atoms with Gasteiger partial charge in [0, 0.05) is 25.2 Å². The van der Waals surface area contributed by atoms with E-state index in [2.05, 4.69) is 57.2 Å². The standard InChI is InChI=1S/C15H33N3O.HI/c1-7-16-14(18-15(4,5)6)17-11-13(8-9-19)10-12(2)3;/h12-13,19H,7-11H2,1-6H3,(H2,16,17,18);1H. The van der Waals surface area contributed by atoms with Gasteiger partial charge in [0.1, 0.15) is 0 Å². The molecule has 0 aliphatic heterocycles. The Hall–Kier alpha value is -0.0400. The molecule has 0 bridgehead atoms. The number of hydrogen-bond donors (Lipinski definition) is 3. The molecular weight excluding hydrogens is 365 g/mol. The van der Waals surface area contributed by atoms with Gasteiger partial charge in [-0.15, -0.1) is 24.0 Å². The second-order valence-corrected chi connectivity index (χ2v) is 6.60. The van der Waals surface area contributed by atoms with Crippen molar-refractivity contribution < 1.29 is 5.11 Å². The Morgan fingerprint density at radius 1 is 1.25 bits per heavy atom. The quantitative estimate of drug-likeness (QED) is 0.351. The van der Waals surface area contributed by atoms with Gasteiger partial charge in [0.25, 0.3) is 0 Å². The van der Waals surface area contributed by atoms with E-state index in [0.29, 0.717) is 11.8 Å². The van der Waals surface area contributed by atoms with Crippen molar-refractivity contribution in [1.82, 2.24) is 10.6 Å². The molecule has 20 heavy (non-hydrogen) atoms. The van der Waals surface area contributed by atoms with Crippen LogP contribution in [0.5, 0.6) is 0 Å². The van der Waals surface area contributed by atoms with Crippen molar-refractivity contribution in [1.29, 1.82) is 0 Å². The smallest absolute Gasteiger partial charge is 0.191 e. The first-order valence-electron chi connectivity index (χ1n) is 7.45. The van der Waals surface area contributed by atoms with Gasteiger partial charge in [0.2, 0.25) is 0 Å². The molecule has 5 heteroatoms. The third-order valence-corrected chi connectivity index (χ3v) is 2.69. The molecule has 0 fully saturated rings. The van der Waals surface area contributed by atoms with Gasteiger partial charge in [0.05, 0.1) is 0 Å². The lowest BCUT2D eigenvalue weighted by Crippen LogP contribution is -2.47. The SMILES string of the molecule is CCNC(=NCC(CCO)CC(C)C)NC(C)(C)C.I. The monoisotopic (exact) mass is 399 g/mol. The van der Waals surface area contributed by atoms with Crippen LogP contribution < -0.4 is 10.6 Å². The molecular formula is C15H34IN3O. The average Bonchev–Trinajstić information content (AvgIpc) is 2.23. The third kappa shape index (κ3) is 13.0. The maximum Gasteiger partial charge on any atom is 0.191 e. The summed E-state index contributed by atoms with van der Waals surface area (Å²) < 4.78 is 0. The minimum absolute atomic E-state index is 0. The summed E-state index contributed by atoms with van der Waals surface area (Å²) in [5, 5.41) is 15.8. The molecule has 0 amide bonds. The lowest BCUT2D eigenvalue weighted by atomic mass is 9.94. The molecule has 0 aromatic rings. The molecule has 0 saturated carbocycles. The average molecular weight is 399 g/mol. The van der Waals surface area contributed by atoms with Crippen LogP contribution in [0.3, 0.4) is 0 Å². The third-order valence-electron chi connectivity index (χ3n) is 2.69. The number of aliphatic hydroxyl groups is 1. The first-order chi connectivity index (χ1) is 8.78. The minimum Gasteiger partial charge on any atom is -0.396 e. The van der Waals surface area contributed by atoms with Crippen molar-refractivity contribution in [3.05, 3.63) is 0 Å². The Bertz CT molecular complexity index is 262. The number of halogens is 1. The Morgan fingerprint density at radius 2 is 1.85 bits per heavy atom. The molecule has 0 spiro atoms. The fraction of sp³-hybridized carbons (Fsp3) is 0.933. The second kappa shape index (κ2) is 11.6. The molecule has 4 nitrogen and oxygen atoms in total. The van der Waals surface area contributed by atoms with E-state index in [1.165, 1.54) is 0 Å². The Morgan fingerprint density at radius 3 is 2.25 bits per heavy atom. The van der Waals surface area contributed by atoms with Gasteiger partial charge < -0.3 is 15.7 Å². The fourth-order valence-electron chi connectivity index (χ4n) is 2.02. The number of nitrogens with one attached hydrogen (secondary N) is 2. The molecule has 0 aromatic carbocycles. The highest BCUT2D eigenvalue weighted by Gasteiger charge is 2.14. The summed E-state index contributed by atoms with van der Waals surface area (Å²) in [5.74, 6) is 1.96. The first kappa shape index (κ1) is 22.2. The van der Waals surface area contributed by atoms with Gasteiger partial charge in [-0.3, -0.25) is 4.99 Å². The largest absolute Gasteiger partial charge is 0.396 e. The molecule has 1 unspecified atom stereocenters. The van der Waals surface area contributed by atoms with Gasteiger partial charge >= 0.3 is 0 Å². The molecule has 0 radical (unpaired) electrons. The molecule has 0 saturated heterocycles. The van der Waals surface area contributed by atoms with Crippen LogP contribution in [0, 0.1) is 11.8 Å². The highest BCUT2D eigenvalue weighted by atomic mass is 127. The minimum atomic E-state index is 0. The maximum absolute atomic E-state index is 9.12. The zero-order valence-corrected chi connectivity index (χ0v) is 16.3.